The summed E-state index contributed by atoms with van der Waals surface area (Å²) in [5.74, 6) is -0.185. The molecular formula is C26H26FN5O3. The second-order valence-corrected chi connectivity index (χ2v) is 8.62. The molecule has 5 rings (SSSR count). The van der Waals surface area contributed by atoms with Crippen LogP contribution in [-0.2, 0) is 24.1 Å². The number of hydrogen-bond donors (Lipinski definition) is 1. The first kappa shape index (κ1) is 22.9. The van der Waals surface area contributed by atoms with Gasteiger partial charge in [0, 0.05) is 24.9 Å². The van der Waals surface area contributed by atoms with Crippen LogP contribution in [0.3, 0.4) is 0 Å². The summed E-state index contributed by atoms with van der Waals surface area (Å²) in [7, 11) is 1.57. The summed E-state index contributed by atoms with van der Waals surface area (Å²) in [5, 5.41) is 5.20. The van der Waals surface area contributed by atoms with E-state index >= 15 is 0 Å². The number of rotatable bonds is 7. The first-order valence-electron chi connectivity index (χ1n) is 11.7. The van der Waals surface area contributed by atoms with Crippen LogP contribution < -0.4 is 5.56 Å². The van der Waals surface area contributed by atoms with Crippen LogP contribution >= 0.6 is 0 Å². The molecule has 0 fully saturated rings. The Hall–Kier alpha value is -3.85. The number of nitrogens with zero attached hydrogens (tertiary/aromatic N) is 4. The van der Waals surface area contributed by atoms with Gasteiger partial charge >= 0.3 is 0 Å². The Bertz CT molecular complexity index is 1430. The van der Waals surface area contributed by atoms with Crippen molar-refractivity contribution >= 4 is 16.8 Å². The van der Waals surface area contributed by atoms with Gasteiger partial charge in [0.1, 0.15) is 11.6 Å². The number of ether oxygens (including phenoxy) is 1. The summed E-state index contributed by atoms with van der Waals surface area (Å²) < 4.78 is 20.5. The number of H-pyrrole nitrogens is 1. The van der Waals surface area contributed by atoms with E-state index in [1.54, 1.807) is 47.0 Å². The van der Waals surface area contributed by atoms with Crippen LogP contribution in [0.4, 0.5) is 4.39 Å². The zero-order valence-corrected chi connectivity index (χ0v) is 19.5. The average molecular weight is 476 g/mol. The van der Waals surface area contributed by atoms with Crippen molar-refractivity contribution in [3.05, 3.63) is 87.5 Å². The highest BCUT2D eigenvalue weighted by atomic mass is 19.1. The zero-order chi connectivity index (χ0) is 24.4. The third kappa shape index (κ3) is 4.59. The van der Waals surface area contributed by atoms with Gasteiger partial charge in [-0.2, -0.15) is 5.10 Å². The monoisotopic (exact) mass is 475 g/mol. The maximum Gasteiger partial charge on any atom is 0.275 e. The number of carbonyl (C=O) groups excluding carboxylic acids is 1. The molecule has 1 aliphatic rings. The molecule has 1 N–H and O–H groups in total. The van der Waals surface area contributed by atoms with Gasteiger partial charge in [0.25, 0.3) is 11.5 Å². The van der Waals surface area contributed by atoms with Crippen molar-refractivity contribution in [2.24, 2.45) is 0 Å². The molecule has 0 aliphatic heterocycles. The van der Waals surface area contributed by atoms with E-state index in [0.717, 1.165) is 36.9 Å². The molecule has 0 saturated heterocycles. The Labute approximate surface area is 201 Å². The maximum atomic E-state index is 13.8. The smallest absolute Gasteiger partial charge is 0.275 e. The Kier molecular flexibility index (Phi) is 6.41. The fourth-order valence-electron chi connectivity index (χ4n) is 4.56. The van der Waals surface area contributed by atoms with Crippen molar-refractivity contribution in [1.82, 2.24) is 24.6 Å². The van der Waals surface area contributed by atoms with Crippen LogP contribution in [0.1, 0.15) is 40.4 Å². The topological polar surface area (TPSA) is 93.1 Å². The predicted octanol–water partition coefficient (Wildman–Crippen LogP) is 3.42. The van der Waals surface area contributed by atoms with E-state index in [1.165, 1.54) is 12.1 Å². The van der Waals surface area contributed by atoms with Gasteiger partial charge in [-0.05, 0) is 62.1 Å². The molecule has 9 heteroatoms. The molecule has 0 radical (unpaired) electrons. The fourth-order valence-corrected chi connectivity index (χ4v) is 4.56. The van der Waals surface area contributed by atoms with E-state index in [-0.39, 0.29) is 23.8 Å². The molecule has 1 aliphatic carbocycles. The molecule has 0 bridgehead atoms. The molecule has 1 amide bonds. The lowest BCUT2D eigenvalue weighted by Crippen LogP contribution is -2.35. The number of amides is 1. The highest BCUT2D eigenvalue weighted by Crippen LogP contribution is 2.28. The zero-order valence-electron chi connectivity index (χ0n) is 19.5. The van der Waals surface area contributed by atoms with Gasteiger partial charge in [0.05, 0.1) is 29.7 Å². The van der Waals surface area contributed by atoms with Crippen LogP contribution in [0, 0.1) is 5.82 Å². The number of halogens is 1. The average Bonchev–Trinajstić information content (AvgIpc) is 3.26. The Morgan fingerprint density at radius 3 is 2.71 bits per heavy atom. The van der Waals surface area contributed by atoms with Crippen molar-refractivity contribution in [2.75, 3.05) is 20.3 Å². The van der Waals surface area contributed by atoms with Gasteiger partial charge < -0.3 is 14.6 Å². The summed E-state index contributed by atoms with van der Waals surface area (Å²) in [4.78, 5) is 35.3. The number of hydrogen-bond acceptors (Lipinski definition) is 5. The van der Waals surface area contributed by atoms with E-state index in [0.29, 0.717) is 41.3 Å². The number of fused-ring (bicyclic) bond motifs is 2. The predicted molar refractivity (Wildman–Crippen MR) is 129 cm³/mol. The summed E-state index contributed by atoms with van der Waals surface area (Å²) >= 11 is 0. The third-order valence-corrected chi connectivity index (χ3v) is 6.31. The number of methoxy groups -OCH3 is 1. The van der Waals surface area contributed by atoms with Crippen molar-refractivity contribution in [1.29, 1.82) is 0 Å². The van der Waals surface area contributed by atoms with Gasteiger partial charge in [-0.25, -0.2) is 14.1 Å². The SMILES string of the molecule is COCCN(Cc1nc2ccccc2c(=O)[nH]1)C(=O)c1nn(-c2ccc(F)cc2)c2c1CCCC2. The maximum absolute atomic E-state index is 13.8. The van der Waals surface area contributed by atoms with Gasteiger partial charge in [-0.15, -0.1) is 0 Å². The fraction of sp³-hybridized carbons (Fsp3) is 0.308. The van der Waals surface area contributed by atoms with Crippen molar-refractivity contribution in [2.45, 2.75) is 32.2 Å². The lowest BCUT2D eigenvalue weighted by Gasteiger charge is -2.22. The molecule has 2 aromatic carbocycles. The molecule has 0 unspecified atom stereocenters. The summed E-state index contributed by atoms with van der Waals surface area (Å²) in [5.41, 5.74) is 3.32. The van der Waals surface area contributed by atoms with Gasteiger partial charge in [0.2, 0.25) is 0 Å². The Morgan fingerprint density at radius 2 is 1.91 bits per heavy atom. The largest absolute Gasteiger partial charge is 0.383 e. The van der Waals surface area contributed by atoms with Crippen LogP contribution in [0.15, 0.2) is 53.3 Å². The second-order valence-electron chi connectivity index (χ2n) is 8.62. The van der Waals surface area contributed by atoms with E-state index < -0.39 is 0 Å². The molecule has 0 spiro atoms. The highest BCUT2D eigenvalue weighted by Gasteiger charge is 2.29. The number of aromatic nitrogens is 4. The minimum Gasteiger partial charge on any atom is -0.383 e. The highest BCUT2D eigenvalue weighted by molar-refractivity contribution is 5.94. The Balaban J connectivity index is 1.52. The first-order chi connectivity index (χ1) is 17.0. The van der Waals surface area contributed by atoms with E-state index in [1.807, 2.05) is 6.07 Å². The number of nitrogens with one attached hydrogen (secondary N) is 1. The molecule has 2 heterocycles. The van der Waals surface area contributed by atoms with Crippen molar-refractivity contribution in [3.63, 3.8) is 0 Å². The lowest BCUT2D eigenvalue weighted by molar-refractivity contribution is 0.0668. The number of benzene rings is 2. The normalized spacial score (nSPS) is 13.1. The van der Waals surface area contributed by atoms with Crippen LogP contribution in [-0.4, -0.2) is 50.8 Å². The van der Waals surface area contributed by atoms with Crippen LogP contribution in [0.2, 0.25) is 0 Å². The van der Waals surface area contributed by atoms with Crippen molar-refractivity contribution < 1.29 is 13.9 Å². The minimum atomic E-state index is -0.325. The minimum absolute atomic E-state index is 0.112. The summed E-state index contributed by atoms with van der Waals surface area (Å²) in [6, 6.07) is 13.2. The van der Waals surface area contributed by atoms with Crippen LogP contribution in [0.5, 0.6) is 0 Å². The summed E-state index contributed by atoms with van der Waals surface area (Å²) in [6.45, 7) is 0.745. The van der Waals surface area contributed by atoms with E-state index in [9.17, 15) is 14.0 Å². The first-order valence-corrected chi connectivity index (χ1v) is 11.7. The van der Waals surface area contributed by atoms with Crippen molar-refractivity contribution in [3.8, 4) is 5.69 Å². The number of para-hydroxylation sites is 1. The molecule has 4 aromatic rings. The Morgan fingerprint density at radius 1 is 1.14 bits per heavy atom. The molecule has 180 valence electrons. The second kappa shape index (κ2) is 9.79. The third-order valence-electron chi connectivity index (χ3n) is 6.31. The summed E-state index contributed by atoms with van der Waals surface area (Å²) in [6.07, 6.45) is 3.52. The van der Waals surface area contributed by atoms with Gasteiger partial charge in [-0.3, -0.25) is 9.59 Å². The standard InChI is InChI=1S/C26H26FN5O3/c1-35-15-14-31(16-23-28-21-8-4-2-6-19(21)25(33)29-23)26(34)24-20-7-3-5-9-22(20)32(30-24)18-12-10-17(27)11-13-18/h2,4,6,8,10-13H,3,5,7,9,14-16H2,1H3,(H,28,29,33). The molecule has 0 atom stereocenters. The van der Waals surface area contributed by atoms with Crippen LogP contribution in [0.25, 0.3) is 16.6 Å². The van der Waals surface area contributed by atoms with Gasteiger partial charge in [0.15, 0.2) is 5.69 Å². The van der Waals surface area contributed by atoms with E-state index in [4.69, 9.17) is 9.84 Å². The lowest BCUT2D eigenvalue weighted by atomic mass is 9.95. The molecule has 35 heavy (non-hydrogen) atoms. The molecule has 8 nitrogen and oxygen atoms in total. The molecule has 0 saturated carbocycles. The van der Waals surface area contributed by atoms with Gasteiger partial charge in [-0.1, -0.05) is 12.1 Å². The van der Waals surface area contributed by atoms with E-state index in [2.05, 4.69) is 9.97 Å². The quantitative estimate of drug-likeness (QED) is 0.442. The molecular weight excluding hydrogens is 449 g/mol. The number of aromatic amines is 1. The molecule has 2 aromatic heterocycles. The number of carbonyl (C=O) groups is 1.